The number of nitrogens with zero attached hydrogens (tertiary/aromatic N) is 2. The molecule has 0 bridgehead atoms. The SMILES string of the molecule is Cc1cccc([C@@H]2c3cc(O[C@@H](C)C(=O)NCc4ccccn4)ccc3CCN2C(=O)c2ccccc2)c1. The molecule has 1 aliphatic heterocycles. The summed E-state index contributed by atoms with van der Waals surface area (Å²) in [6.45, 7) is 4.74. The van der Waals surface area contributed by atoms with Crippen molar-refractivity contribution >= 4 is 11.8 Å². The number of benzene rings is 3. The second kappa shape index (κ2) is 11.3. The fourth-order valence-corrected chi connectivity index (χ4v) is 4.91. The summed E-state index contributed by atoms with van der Waals surface area (Å²) in [7, 11) is 0. The molecule has 0 radical (unpaired) electrons. The minimum Gasteiger partial charge on any atom is -0.481 e. The molecule has 2 atom stereocenters. The first-order chi connectivity index (χ1) is 18.5. The molecular formula is C32H31N3O3. The Bertz CT molecular complexity index is 1420. The van der Waals surface area contributed by atoms with Crippen LogP contribution in [-0.4, -0.2) is 34.3 Å². The molecule has 0 aliphatic carbocycles. The molecule has 1 aliphatic rings. The molecule has 0 saturated carbocycles. The molecule has 6 nitrogen and oxygen atoms in total. The number of fused-ring (bicyclic) bond motifs is 1. The minimum atomic E-state index is -0.695. The molecule has 38 heavy (non-hydrogen) atoms. The lowest BCUT2D eigenvalue weighted by molar-refractivity contribution is -0.127. The van der Waals surface area contributed by atoms with Crippen molar-refractivity contribution < 1.29 is 14.3 Å². The van der Waals surface area contributed by atoms with E-state index in [1.165, 1.54) is 5.56 Å². The Labute approximate surface area is 223 Å². The van der Waals surface area contributed by atoms with Crippen LogP contribution in [0.1, 0.15) is 51.3 Å². The topological polar surface area (TPSA) is 71.5 Å². The van der Waals surface area contributed by atoms with E-state index in [-0.39, 0.29) is 17.9 Å². The third kappa shape index (κ3) is 5.59. The largest absolute Gasteiger partial charge is 0.481 e. The standard InChI is InChI=1S/C32H31N3O3/c1-22-9-8-12-26(19-22)30-29-20-28(38-23(2)31(36)34-21-27-13-6-7-17-33-27)15-14-24(29)16-18-35(30)32(37)25-10-4-3-5-11-25/h3-15,17,19-20,23,30H,16,18,21H2,1-2H3,(H,34,36)/t23-,30+/m0/s1. The number of amides is 2. The van der Waals surface area contributed by atoms with Gasteiger partial charge >= 0.3 is 0 Å². The molecule has 0 fully saturated rings. The number of aryl methyl sites for hydroxylation is 1. The number of hydrogen-bond donors (Lipinski definition) is 1. The highest BCUT2D eigenvalue weighted by molar-refractivity contribution is 5.95. The lowest BCUT2D eigenvalue weighted by Gasteiger charge is -2.38. The van der Waals surface area contributed by atoms with Crippen LogP contribution in [0, 0.1) is 6.92 Å². The Morgan fingerprint density at radius 2 is 1.82 bits per heavy atom. The van der Waals surface area contributed by atoms with Crippen molar-refractivity contribution in [1.29, 1.82) is 0 Å². The van der Waals surface area contributed by atoms with Gasteiger partial charge in [-0.25, -0.2) is 0 Å². The highest BCUT2D eigenvalue weighted by Crippen LogP contribution is 2.38. The van der Waals surface area contributed by atoms with Gasteiger partial charge in [0.2, 0.25) is 0 Å². The molecule has 5 rings (SSSR count). The highest BCUT2D eigenvalue weighted by Gasteiger charge is 2.33. The van der Waals surface area contributed by atoms with Gasteiger partial charge in [0, 0.05) is 18.3 Å². The minimum absolute atomic E-state index is 0.00338. The molecular weight excluding hydrogens is 474 g/mol. The molecule has 192 valence electrons. The zero-order valence-electron chi connectivity index (χ0n) is 21.6. The van der Waals surface area contributed by atoms with E-state index in [1.54, 1.807) is 13.1 Å². The molecule has 1 N–H and O–H groups in total. The lowest BCUT2D eigenvalue weighted by atomic mass is 9.87. The van der Waals surface area contributed by atoms with Crippen LogP contribution in [0.4, 0.5) is 0 Å². The number of rotatable bonds is 7. The Kier molecular flexibility index (Phi) is 7.50. The zero-order valence-corrected chi connectivity index (χ0v) is 21.6. The van der Waals surface area contributed by atoms with Gasteiger partial charge in [0.05, 0.1) is 18.3 Å². The Hall–Kier alpha value is -4.45. The summed E-state index contributed by atoms with van der Waals surface area (Å²) < 4.78 is 6.08. The maximum atomic E-state index is 13.7. The molecule has 0 saturated heterocycles. The van der Waals surface area contributed by atoms with Crippen LogP contribution in [0.3, 0.4) is 0 Å². The van der Waals surface area contributed by atoms with Gasteiger partial charge in [-0.2, -0.15) is 0 Å². The molecule has 6 heteroatoms. The normalized spacial score (nSPS) is 15.3. The van der Waals surface area contributed by atoms with Gasteiger partial charge in [0.25, 0.3) is 11.8 Å². The van der Waals surface area contributed by atoms with E-state index in [0.717, 1.165) is 28.8 Å². The molecule has 1 aromatic heterocycles. The van der Waals surface area contributed by atoms with Crippen molar-refractivity contribution in [2.45, 2.75) is 39.0 Å². The van der Waals surface area contributed by atoms with Crippen LogP contribution >= 0.6 is 0 Å². The first-order valence-electron chi connectivity index (χ1n) is 12.9. The number of carbonyl (C=O) groups excluding carboxylic acids is 2. The highest BCUT2D eigenvalue weighted by atomic mass is 16.5. The van der Waals surface area contributed by atoms with E-state index in [0.29, 0.717) is 24.4 Å². The number of carbonyl (C=O) groups is 2. The Morgan fingerprint density at radius 3 is 2.58 bits per heavy atom. The van der Waals surface area contributed by atoms with E-state index in [9.17, 15) is 9.59 Å². The summed E-state index contributed by atoms with van der Waals surface area (Å²) in [4.78, 5) is 32.6. The van der Waals surface area contributed by atoms with Gasteiger partial charge in [-0.1, -0.05) is 60.2 Å². The average Bonchev–Trinajstić information content (AvgIpc) is 2.95. The summed E-state index contributed by atoms with van der Waals surface area (Å²) >= 11 is 0. The van der Waals surface area contributed by atoms with Crippen molar-refractivity contribution in [3.05, 3.63) is 131 Å². The Balaban J connectivity index is 1.41. The average molecular weight is 506 g/mol. The van der Waals surface area contributed by atoms with E-state index in [4.69, 9.17) is 4.74 Å². The fourth-order valence-electron chi connectivity index (χ4n) is 4.91. The number of aromatic nitrogens is 1. The number of ether oxygens (including phenoxy) is 1. The smallest absolute Gasteiger partial charge is 0.261 e. The van der Waals surface area contributed by atoms with Gasteiger partial charge < -0.3 is 15.0 Å². The molecule has 0 spiro atoms. The maximum Gasteiger partial charge on any atom is 0.261 e. The van der Waals surface area contributed by atoms with Crippen LogP contribution in [0.2, 0.25) is 0 Å². The quantitative estimate of drug-likeness (QED) is 0.372. The van der Waals surface area contributed by atoms with Gasteiger partial charge in [-0.15, -0.1) is 0 Å². The lowest BCUT2D eigenvalue weighted by Crippen LogP contribution is -2.40. The van der Waals surface area contributed by atoms with E-state index < -0.39 is 6.10 Å². The van der Waals surface area contributed by atoms with Crippen molar-refractivity contribution in [3.63, 3.8) is 0 Å². The van der Waals surface area contributed by atoms with Gasteiger partial charge in [-0.05, 0) is 73.4 Å². The fraction of sp³-hybridized carbons (Fsp3) is 0.219. The number of hydrogen-bond acceptors (Lipinski definition) is 4. The number of pyridine rings is 1. The van der Waals surface area contributed by atoms with Crippen molar-refractivity contribution in [3.8, 4) is 5.75 Å². The molecule has 2 heterocycles. The van der Waals surface area contributed by atoms with E-state index in [2.05, 4.69) is 41.5 Å². The predicted octanol–water partition coefficient (Wildman–Crippen LogP) is 5.26. The predicted molar refractivity (Wildman–Crippen MR) is 147 cm³/mol. The van der Waals surface area contributed by atoms with E-state index >= 15 is 0 Å². The third-order valence-corrected chi connectivity index (χ3v) is 6.84. The van der Waals surface area contributed by atoms with Crippen molar-refractivity contribution in [1.82, 2.24) is 15.2 Å². The summed E-state index contributed by atoms with van der Waals surface area (Å²) in [5.74, 6) is 0.372. The van der Waals surface area contributed by atoms with Crippen LogP contribution in [0.15, 0.2) is 97.2 Å². The van der Waals surface area contributed by atoms with Gasteiger partial charge in [-0.3, -0.25) is 14.6 Å². The molecule has 3 aromatic carbocycles. The van der Waals surface area contributed by atoms with Crippen LogP contribution in [0.25, 0.3) is 0 Å². The number of nitrogens with one attached hydrogen (secondary N) is 1. The second-order valence-corrected chi connectivity index (χ2v) is 9.59. The maximum absolute atomic E-state index is 13.7. The van der Waals surface area contributed by atoms with Crippen LogP contribution in [-0.2, 0) is 17.8 Å². The first kappa shape index (κ1) is 25.2. The van der Waals surface area contributed by atoms with Gasteiger partial charge in [0.1, 0.15) is 5.75 Å². The van der Waals surface area contributed by atoms with Gasteiger partial charge in [0.15, 0.2) is 6.10 Å². The monoisotopic (exact) mass is 505 g/mol. The van der Waals surface area contributed by atoms with E-state index in [1.807, 2.05) is 71.6 Å². The van der Waals surface area contributed by atoms with Crippen LogP contribution < -0.4 is 10.1 Å². The third-order valence-electron chi connectivity index (χ3n) is 6.84. The summed E-state index contributed by atoms with van der Waals surface area (Å²) in [5.41, 5.74) is 5.82. The molecule has 4 aromatic rings. The molecule has 0 unspecified atom stereocenters. The Morgan fingerprint density at radius 1 is 1.00 bits per heavy atom. The summed E-state index contributed by atoms with van der Waals surface area (Å²) in [6, 6.07) is 29.0. The summed E-state index contributed by atoms with van der Waals surface area (Å²) in [6.07, 6.45) is 1.75. The van der Waals surface area contributed by atoms with Crippen LogP contribution in [0.5, 0.6) is 5.75 Å². The second-order valence-electron chi connectivity index (χ2n) is 9.59. The van der Waals surface area contributed by atoms with Crippen molar-refractivity contribution in [2.75, 3.05) is 6.54 Å². The van der Waals surface area contributed by atoms with Crippen molar-refractivity contribution in [2.24, 2.45) is 0 Å². The summed E-state index contributed by atoms with van der Waals surface area (Å²) in [5, 5.41) is 2.88. The zero-order chi connectivity index (χ0) is 26.5. The first-order valence-corrected chi connectivity index (χ1v) is 12.9. The molecule has 2 amide bonds.